The Morgan fingerprint density at radius 1 is 1.07 bits per heavy atom. The quantitative estimate of drug-likeness (QED) is 0.668. The number of hydrogen-bond acceptors (Lipinski definition) is 1. The van der Waals surface area contributed by atoms with E-state index in [2.05, 4.69) is 4.98 Å². The molecule has 0 amide bonds. The van der Waals surface area contributed by atoms with Crippen molar-refractivity contribution in [2.45, 2.75) is 6.92 Å². The van der Waals surface area contributed by atoms with E-state index in [0.29, 0.717) is 5.56 Å². The molecule has 0 radical (unpaired) electrons. The molecule has 0 unspecified atom stereocenters. The summed E-state index contributed by atoms with van der Waals surface area (Å²) in [5.74, 6) is -0.219. The van der Waals surface area contributed by atoms with E-state index in [4.69, 9.17) is 0 Å². The Bertz CT molecular complexity index is 417. The number of hydrogen-bond donors (Lipinski definition) is 0. The molecule has 0 N–H and O–H groups in total. The molecule has 0 aliphatic heterocycles. The lowest BCUT2D eigenvalue weighted by Gasteiger charge is -2.05. The predicted molar refractivity (Wildman–Crippen MR) is 54.4 cm³/mol. The van der Waals surface area contributed by atoms with Gasteiger partial charge in [0.1, 0.15) is 5.82 Å². The highest BCUT2D eigenvalue weighted by Gasteiger charge is 2.07. The molecule has 2 rings (SSSR count). The normalized spacial score (nSPS) is 10.1. The Morgan fingerprint density at radius 3 is 2.43 bits per heavy atom. The Balaban J connectivity index is 2.63. The molecule has 14 heavy (non-hydrogen) atoms. The molecule has 0 saturated carbocycles. The van der Waals surface area contributed by atoms with Crippen molar-refractivity contribution in [2.75, 3.05) is 0 Å². The highest BCUT2D eigenvalue weighted by molar-refractivity contribution is 5.65. The first kappa shape index (κ1) is 8.88. The van der Waals surface area contributed by atoms with Crippen LogP contribution in [-0.2, 0) is 0 Å². The first-order valence-electron chi connectivity index (χ1n) is 4.45. The van der Waals surface area contributed by atoms with Crippen molar-refractivity contribution >= 4 is 0 Å². The highest BCUT2D eigenvalue weighted by Crippen LogP contribution is 2.24. The number of pyridine rings is 1. The Hall–Kier alpha value is -1.70. The van der Waals surface area contributed by atoms with Gasteiger partial charge in [-0.15, -0.1) is 0 Å². The van der Waals surface area contributed by atoms with Crippen LogP contribution < -0.4 is 0 Å². The van der Waals surface area contributed by atoms with Crippen molar-refractivity contribution in [1.82, 2.24) is 4.98 Å². The van der Waals surface area contributed by atoms with Gasteiger partial charge in [0.25, 0.3) is 0 Å². The van der Waals surface area contributed by atoms with Crippen molar-refractivity contribution in [2.24, 2.45) is 0 Å². The molecule has 0 bridgehead atoms. The van der Waals surface area contributed by atoms with Crippen LogP contribution in [0.1, 0.15) is 5.69 Å². The summed E-state index contributed by atoms with van der Waals surface area (Å²) in [6.07, 6.45) is 1.48. The van der Waals surface area contributed by atoms with E-state index in [-0.39, 0.29) is 5.82 Å². The molecule has 2 heteroatoms. The molecule has 0 fully saturated rings. The van der Waals surface area contributed by atoms with Crippen LogP contribution in [0.3, 0.4) is 0 Å². The van der Waals surface area contributed by atoms with Gasteiger partial charge in [-0.05, 0) is 18.6 Å². The zero-order valence-electron chi connectivity index (χ0n) is 7.87. The van der Waals surface area contributed by atoms with E-state index in [1.807, 2.05) is 37.3 Å². The van der Waals surface area contributed by atoms with Crippen LogP contribution in [0.15, 0.2) is 42.6 Å². The SMILES string of the molecule is Cc1nccc(F)c1-c1ccccc1. The smallest absolute Gasteiger partial charge is 0.134 e. The van der Waals surface area contributed by atoms with Crippen LogP contribution in [0.2, 0.25) is 0 Å². The summed E-state index contributed by atoms with van der Waals surface area (Å²) in [5.41, 5.74) is 2.18. The molecule has 2 aromatic rings. The summed E-state index contributed by atoms with van der Waals surface area (Å²) >= 11 is 0. The molecule has 1 aromatic carbocycles. The minimum atomic E-state index is -0.219. The fraction of sp³-hybridized carbons (Fsp3) is 0.0833. The topological polar surface area (TPSA) is 12.9 Å². The fourth-order valence-electron chi connectivity index (χ4n) is 1.49. The van der Waals surface area contributed by atoms with E-state index < -0.39 is 0 Å². The van der Waals surface area contributed by atoms with E-state index in [0.717, 1.165) is 11.3 Å². The highest BCUT2D eigenvalue weighted by atomic mass is 19.1. The van der Waals surface area contributed by atoms with Crippen molar-refractivity contribution in [3.05, 3.63) is 54.1 Å². The van der Waals surface area contributed by atoms with E-state index in [9.17, 15) is 4.39 Å². The van der Waals surface area contributed by atoms with Crippen molar-refractivity contribution in [3.63, 3.8) is 0 Å². The maximum atomic E-state index is 13.5. The lowest BCUT2D eigenvalue weighted by atomic mass is 10.0. The van der Waals surface area contributed by atoms with Gasteiger partial charge >= 0.3 is 0 Å². The molecule has 70 valence electrons. The second kappa shape index (κ2) is 3.58. The average Bonchev–Trinajstić information content (AvgIpc) is 2.19. The monoisotopic (exact) mass is 187 g/mol. The number of aromatic nitrogens is 1. The van der Waals surface area contributed by atoms with Crippen molar-refractivity contribution in [3.8, 4) is 11.1 Å². The largest absolute Gasteiger partial charge is 0.261 e. The zero-order chi connectivity index (χ0) is 9.97. The molecule has 0 atom stereocenters. The van der Waals surface area contributed by atoms with Gasteiger partial charge in [0.05, 0.1) is 0 Å². The van der Waals surface area contributed by atoms with Gasteiger partial charge < -0.3 is 0 Å². The summed E-state index contributed by atoms with van der Waals surface area (Å²) in [6.45, 7) is 1.81. The Labute approximate surface area is 82.2 Å². The number of halogens is 1. The van der Waals surface area contributed by atoms with Crippen LogP contribution in [0.4, 0.5) is 4.39 Å². The fourth-order valence-corrected chi connectivity index (χ4v) is 1.49. The maximum absolute atomic E-state index is 13.5. The number of aryl methyl sites for hydroxylation is 1. The van der Waals surface area contributed by atoms with Crippen molar-refractivity contribution < 1.29 is 4.39 Å². The van der Waals surface area contributed by atoms with Gasteiger partial charge in [-0.2, -0.15) is 0 Å². The maximum Gasteiger partial charge on any atom is 0.134 e. The average molecular weight is 187 g/mol. The third-order valence-electron chi connectivity index (χ3n) is 2.15. The van der Waals surface area contributed by atoms with Crippen molar-refractivity contribution in [1.29, 1.82) is 0 Å². The second-order valence-corrected chi connectivity index (χ2v) is 3.12. The third kappa shape index (κ3) is 1.51. The Kier molecular flexibility index (Phi) is 2.27. The lowest BCUT2D eigenvalue weighted by Crippen LogP contribution is -1.91. The number of nitrogens with zero attached hydrogens (tertiary/aromatic N) is 1. The standard InChI is InChI=1S/C12H10FN/c1-9-12(11(13)7-8-14-9)10-5-3-2-4-6-10/h2-8H,1H3. The molecule has 0 aliphatic rings. The minimum absolute atomic E-state index is 0.219. The minimum Gasteiger partial charge on any atom is -0.261 e. The molecular formula is C12H10FN. The van der Waals surface area contributed by atoms with Gasteiger partial charge in [-0.1, -0.05) is 30.3 Å². The molecule has 1 aromatic heterocycles. The summed E-state index contributed by atoms with van der Waals surface area (Å²) in [5, 5.41) is 0. The molecule has 0 saturated heterocycles. The van der Waals surface area contributed by atoms with Gasteiger partial charge in [0.15, 0.2) is 0 Å². The van der Waals surface area contributed by atoms with Crippen LogP contribution in [0.25, 0.3) is 11.1 Å². The second-order valence-electron chi connectivity index (χ2n) is 3.12. The molecule has 1 heterocycles. The number of rotatable bonds is 1. The van der Waals surface area contributed by atoms with E-state index >= 15 is 0 Å². The van der Waals surface area contributed by atoms with Crippen LogP contribution >= 0.6 is 0 Å². The summed E-state index contributed by atoms with van der Waals surface area (Å²) < 4.78 is 13.5. The van der Waals surface area contributed by atoms with Crippen LogP contribution in [0, 0.1) is 12.7 Å². The molecule has 0 spiro atoms. The van der Waals surface area contributed by atoms with Crippen LogP contribution in [-0.4, -0.2) is 4.98 Å². The van der Waals surface area contributed by atoms with Crippen LogP contribution in [0.5, 0.6) is 0 Å². The third-order valence-corrected chi connectivity index (χ3v) is 2.15. The van der Waals surface area contributed by atoms with Gasteiger partial charge in [-0.25, -0.2) is 4.39 Å². The lowest BCUT2D eigenvalue weighted by molar-refractivity contribution is 0.627. The number of benzene rings is 1. The van der Waals surface area contributed by atoms with E-state index in [1.165, 1.54) is 12.3 Å². The molecule has 0 aliphatic carbocycles. The predicted octanol–water partition coefficient (Wildman–Crippen LogP) is 3.20. The van der Waals surface area contributed by atoms with Gasteiger partial charge in [0, 0.05) is 17.5 Å². The summed E-state index contributed by atoms with van der Waals surface area (Å²) in [4.78, 5) is 4.08. The van der Waals surface area contributed by atoms with Gasteiger partial charge in [-0.3, -0.25) is 4.98 Å². The Morgan fingerprint density at radius 2 is 1.79 bits per heavy atom. The van der Waals surface area contributed by atoms with Gasteiger partial charge in [0.2, 0.25) is 0 Å². The van der Waals surface area contributed by atoms with E-state index in [1.54, 1.807) is 0 Å². The zero-order valence-corrected chi connectivity index (χ0v) is 7.87. The first-order valence-corrected chi connectivity index (χ1v) is 4.45. The first-order chi connectivity index (χ1) is 6.79. The summed E-state index contributed by atoms with van der Waals surface area (Å²) in [7, 11) is 0. The summed E-state index contributed by atoms with van der Waals surface area (Å²) in [6, 6.07) is 10.8. The molecular weight excluding hydrogens is 177 g/mol. The molecule has 1 nitrogen and oxygen atoms in total.